The Bertz CT molecular complexity index is 1140. The van der Waals surface area contributed by atoms with Crippen molar-refractivity contribution in [1.29, 1.82) is 0 Å². The molecule has 0 aliphatic carbocycles. The number of amides is 1. The van der Waals surface area contributed by atoms with Gasteiger partial charge < -0.3 is 14.8 Å². The van der Waals surface area contributed by atoms with E-state index in [0.717, 1.165) is 16.8 Å². The molecule has 0 atom stereocenters. The topological polar surface area (TPSA) is 90.6 Å². The Hall–Kier alpha value is -3.94. The van der Waals surface area contributed by atoms with E-state index in [4.69, 9.17) is 9.47 Å². The van der Waals surface area contributed by atoms with Gasteiger partial charge in [0, 0.05) is 18.2 Å². The van der Waals surface area contributed by atoms with Crippen LogP contribution in [-0.2, 0) is 6.54 Å². The highest BCUT2D eigenvalue weighted by Crippen LogP contribution is 2.22. The molecular weight excluding hydrogens is 370 g/mol. The first-order chi connectivity index (χ1) is 14.2. The van der Waals surface area contributed by atoms with E-state index in [2.05, 4.69) is 20.6 Å². The van der Waals surface area contributed by atoms with E-state index in [9.17, 15) is 4.79 Å². The maximum Gasteiger partial charge on any atom is 0.291 e. The normalized spacial score (nSPS) is 10.7. The fourth-order valence-electron chi connectivity index (χ4n) is 2.92. The van der Waals surface area contributed by atoms with E-state index in [1.165, 1.54) is 4.52 Å². The maximum absolute atomic E-state index is 12.7. The van der Waals surface area contributed by atoms with Gasteiger partial charge in [0.05, 0.1) is 19.9 Å². The lowest BCUT2D eigenvalue weighted by Gasteiger charge is -2.09. The summed E-state index contributed by atoms with van der Waals surface area (Å²) < 4.78 is 12.0. The van der Waals surface area contributed by atoms with E-state index < -0.39 is 0 Å². The number of fused-ring (bicyclic) bond motifs is 1. The van der Waals surface area contributed by atoms with Crippen LogP contribution in [0, 0.1) is 0 Å². The molecule has 0 saturated carbocycles. The van der Waals surface area contributed by atoms with Gasteiger partial charge in [-0.05, 0) is 29.8 Å². The molecule has 4 aromatic rings. The minimum Gasteiger partial charge on any atom is -0.497 e. The molecule has 0 saturated heterocycles. The van der Waals surface area contributed by atoms with Gasteiger partial charge in [-0.25, -0.2) is 0 Å². The third kappa shape index (κ3) is 3.86. The van der Waals surface area contributed by atoms with Crippen LogP contribution in [0.5, 0.6) is 11.5 Å². The van der Waals surface area contributed by atoms with Crippen molar-refractivity contribution in [2.75, 3.05) is 14.2 Å². The van der Waals surface area contributed by atoms with Crippen LogP contribution < -0.4 is 14.8 Å². The largest absolute Gasteiger partial charge is 0.497 e. The Labute approximate surface area is 167 Å². The third-order valence-electron chi connectivity index (χ3n) is 4.40. The van der Waals surface area contributed by atoms with Gasteiger partial charge in [-0.2, -0.15) is 9.61 Å². The Kier molecular flexibility index (Phi) is 5.07. The minimum absolute atomic E-state index is 0.118. The number of benzene rings is 2. The molecule has 0 aliphatic rings. The summed E-state index contributed by atoms with van der Waals surface area (Å²) in [6.45, 7) is 0.277. The SMILES string of the molecule is COc1cc(CNC(=O)c2nnc3ccc(-c4ccccc4)nn23)cc(OC)c1. The van der Waals surface area contributed by atoms with Gasteiger partial charge in [0.1, 0.15) is 11.5 Å². The highest BCUT2D eigenvalue weighted by atomic mass is 16.5. The number of hydrogen-bond acceptors (Lipinski definition) is 6. The number of nitrogens with zero attached hydrogens (tertiary/aromatic N) is 4. The van der Waals surface area contributed by atoms with Gasteiger partial charge in [-0.1, -0.05) is 30.3 Å². The van der Waals surface area contributed by atoms with Gasteiger partial charge in [0.25, 0.3) is 5.91 Å². The van der Waals surface area contributed by atoms with Gasteiger partial charge in [-0.3, -0.25) is 4.79 Å². The molecule has 0 fully saturated rings. The second-order valence-corrected chi connectivity index (χ2v) is 6.28. The van der Waals surface area contributed by atoms with Crippen molar-refractivity contribution in [2.24, 2.45) is 0 Å². The summed E-state index contributed by atoms with van der Waals surface area (Å²) >= 11 is 0. The molecule has 0 bridgehead atoms. The van der Waals surface area contributed by atoms with E-state index >= 15 is 0 Å². The molecule has 0 spiro atoms. The van der Waals surface area contributed by atoms with Crippen LogP contribution in [0.1, 0.15) is 16.2 Å². The zero-order valence-corrected chi connectivity index (χ0v) is 16.0. The Morgan fingerprint density at radius 1 is 0.966 bits per heavy atom. The highest BCUT2D eigenvalue weighted by molar-refractivity contribution is 5.91. The Balaban J connectivity index is 1.57. The summed E-state index contributed by atoms with van der Waals surface area (Å²) in [6.07, 6.45) is 0. The first-order valence-corrected chi connectivity index (χ1v) is 8.96. The summed E-state index contributed by atoms with van der Waals surface area (Å²) in [5, 5.41) is 15.4. The summed E-state index contributed by atoms with van der Waals surface area (Å²) in [4.78, 5) is 12.7. The molecule has 4 rings (SSSR count). The molecule has 8 heteroatoms. The lowest BCUT2D eigenvalue weighted by molar-refractivity contribution is 0.0938. The van der Waals surface area contributed by atoms with Gasteiger partial charge in [0.2, 0.25) is 5.82 Å². The molecule has 29 heavy (non-hydrogen) atoms. The Morgan fingerprint density at radius 2 is 1.69 bits per heavy atom. The fraction of sp³-hybridized carbons (Fsp3) is 0.143. The molecule has 2 aromatic heterocycles. The molecule has 0 aliphatic heterocycles. The molecule has 0 radical (unpaired) electrons. The van der Waals surface area contributed by atoms with Crippen LogP contribution in [0.2, 0.25) is 0 Å². The number of rotatable bonds is 6. The first kappa shape index (κ1) is 18.4. The van der Waals surface area contributed by atoms with Crippen molar-refractivity contribution in [1.82, 2.24) is 25.1 Å². The smallest absolute Gasteiger partial charge is 0.291 e. The van der Waals surface area contributed by atoms with Crippen molar-refractivity contribution in [3.8, 4) is 22.8 Å². The van der Waals surface area contributed by atoms with Crippen LogP contribution in [0.25, 0.3) is 16.9 Å². The quantitative estimate of drug-likeness (QED) is 0.545. The molecule has 1 N–H and O–H groups in total. The van der Waals surface area contributed by atoms with Crippen LogP contribution in [0.15, 0.2) is 60.7 Å². The number of aromatic nitrogens is 4. The summed E-state index contributed by atoms with van der Waals surface area (Å²) in [7, 11) is 3.16. The van der Waals surface area contributed by atoms with Gasteiger partial charge in [0.15, 0.2) is 5.65 Å². The fourth-order valence-corrected chi connectivity index (χ4v) is 2.92. The van der Waals surface area contributed by atoms with E-state index in [1.807, 2.05) is 48.5 Å². The molecule has 0 unspecified atom stereocenters. The molecule has 146 valence electrons. The number of hydrogen-bond donors (Lipinski definition) is 1. The number of carbonyl (C=O) groups excluding carboxylic acids is 1. The second kappa shape index (κ2) is 7.97. The van der Waals surface area contributed by atoms with Crippen molar-refractivity contribution in [3.05, 3.63) is 72.1 Å². The van der Waals surface area contributed by atoms with Crippen LogP contribution in [0.3, 0.4) is 0 Å². The van der Waals surface area contributed by atoms with Gasteiger partial charge in [-0.15, -0.1) is 10.2 Å². The van der Waals surface area contributed by atoms with Crippen LogP contribution >= 0.6 is 0 Å². The Morgan fingerprint density at radius 3 is 2.38 bits per heavy atom. The van der Waals surface area contributed by atoms with Crippen LogP contribution in [-0.4, -0.2) is 39.9 Å². The van der Waals surface area contributed by atoms with Gasteiger partial charge >= 0.3 is 0 Å². The second-order valence-electron chi connectivity index (χ2n) is 6.28. The monoisotopic (exact) mass is 389 g/mol. The first-order valence-electron chi connectivity index (χ1n) is 8.96. The maximum atomic E-state index is 12.7. The molecule has 2 heterocycles. The lowest BCUT2D eigenvalue weighted by atomic mass is 10.1. The number of nitrogens with one attached hydrogen (secondary N) is 1. The summed E-state index contributed by atoms with van der Waals surface area (Å²) in [6, 6.07) is 18.8. The van der Waals surface area contributed by atoms with E-state index in [-0.39, 0.29) is 18.3 Å². The average molecular weight is 389 g/mol. The zero-order chi connectivity index (χ0) is 20.2. The molecule has 8 nitrogen and oxygen atoms in total. The highest BCUT2D eigenvalue weighted by Gasteiger charge is 2.16. The number of carbonyl (C=O) groups is 1. The zero-order valence-electron chi connectivity index (χ0n) is 16.0. The molecular formula is C21H19N5O3. The molecule has 2 aromatic carbocycles. The summed E-state index contributed by atoms with van der Waals surface area (Å²) in [5.74, 6) is 1.04. The van der Waals surface area contributed by atoms with Crippen molar-refractivity contribution in [3.63, 3.8) is 0 Å². The van der Waals surface area contributed by atoms with Crippen molar-refractivity contribution >= 4 is 11.6 Å². The summed E-state index contributed by atoms with van der Waals surface area (Å²) in [5.41, 5.74) is 3.00. The van der Waals surface area contributed by atoms with E-state index in [0.29, 0.717) is 17.1 Å². The van der Waals surface area contributed by atoms with Crippen LogP contribution in [0.4, 0.5) is 0 Å². The van der Waals surface area contributed by atoms with Crippen molar-refractivity contribution in [2.45, 2.75) is 6.54 Å². The number of methoxy groups -OCH3 is 2. The predicted octanol–water partition coefficient (Wildman–Crippen LogP) is 2.74. The average Bonchev–Trinajstić information content (AvgIpc) is 3.21. The standard InChI is InChI=1S/C21H19N5O3/c1-28-16-10-14(11-17(12-16)29-2)13-22-21(27)20-24-23-19-9-8-18(25-26(19)20)15-6-4-3-5-7-15/h3-12H,13H2,1-2H3,(H,22,27). The van der Waals surface area contributed by atoms with E-state index in [1.54, 1.807) is 26.4 Å². The third-order valence-corrected chi connectivity index (χ3v) is 4.40. The predicted molar refractivity (Wildman–Crippen MR) is 107 cm³/mol. The number of ether oxygens (including phenoxy) is 2. The van der Waals surface area contributed by atoms with Crippen molar-refractivity contribution < 1.29 is 14.3 Å². The molecule has 1 amide bonds. The lowest BCUT2D eigenvalue weighted by Crippen LogP contribution is -2.25. The minimum atomic E-state index is -0.378.